The van der Waals surface area contributed by atoms with Crippen LogP contribution in [0.5, 0.6) is 0 Å². The Hall–Kier alpha value is -3.59. The summed E-state index contributed by atoms with van der Waals surface area (Å²) in [5, 5.41) is 10.1. The molecule has 0 fully saturated rings. The summed E-state index contributed by atoms with van der Waals surface area (Å²) < 4.78 is 26.2. The highest BCUT2D eigenvalue weighted by atomic mass is 31.2. The van der Waals surface area contributed by atoms with Gasteiger partial charge in [0.15, 0.2) is 6.10 Å². The maximum Gasteiger partial charge on any atom is 0.469 e. The van der Waals surface area contributed by atoms with Crippen LogP contribution in [0.3, 0.4) is 0 Å². The molecule has 0 aromatic heterocycles. The molecule has 0 amide bonds. The van der Waals surface area contributed by atoms with Crippen LogP contribution < -0.4 is 0 Å². The third kappa shape index (κ3) is 41.4. The van der Waals surface area contributed by atoms with Crippen LogP contribution in [0, 0.1) is 0 Å². The van der Waals surface area contributed by atoms with E-state index >= 15 is 0 Å². The van der Waals surface area contributed by atoms with Crippen LogP contribution in [0.4, 0.5) is 0 Å². The van der Waals surface area contributed by atoms with Crippen molar-refractivity contribution < 1.29 is 43.0 Å². The molecule has 0 aliphatic rings. The second-order valence-electron chi connectivity index (χ2n) is 12.7. The van der Waals surface area contributed by atoms with E-state index in [1.54, 1.807) is 24.3 Å². The van der Waals surface area contributed by atoms with Gasteiger partial charge in [-0.2, -0.15) is 0 Å². The second-order valence-corrected chi connectivity index (χ2v) is 14.0. The van der Waals surface area contributed by atoms with Gasteiger partial charge < -0.3 is 24.4 Å². The van der Waals surface area contributed by atoms with E-state index in [9.17, 15) is 19.3 Å². The van der Waals surface area contributed by atoms with Crippen molar-refractivity contribution in [1.82, 2.24) is 0 Å². The second kappa shape index (κ2) is 38.7. The Labute approximate surface area is 331 Å². The first-order valence-corrected chi connectivity index (χ1v) is 21.5. The molecule has 0 rings (SSSR count). The van der Waals surface area contributed by atoms with Crippen molar-refractivity contribution in [3.63, 3.8) is 0 Å². The van der Waals surface area contributed by atoms with Crippen LogP contribution in [-0.2, 0) is 28.2 Å². The fraction of sp³-hybridized carbons (Fsp3) is 0.511. The highest BCUT2D eigenvalue weighted by molar-refractivity contribution is 7.46. The summed E-state index contributed by atoms with van der Waals surface area (Å²) in [6, 6.07) is 0. The lowest BCUT2D eigenvalue weighted by Crippen LogP contribution is -2.29. The number of hydrogen-bond acceptors (Lipinski definition) is 7. The Morgan fingerprint density at radius 1 is 0.582 bits per heavy atom. The fourth-order valence-corrected chi connectivity index (χ4v) is 4.95. The number of rotatable bonds is 34. The molecule has 0 aliphatic heterocycles. The zero-order valence-corrected chi connectivity index (χ0v) is 34.3. The van der Waals surface area contributed by atoms with Gasteiger partial charge in [-0.05, 0) is 83.5 Å². The molecule has 0 aliphatic carbocycles. The Kier molecular flexibility index (Phi) is 36.2. The van der Waals surface area contributed by atoms with Crippen molar-refractivity contribution in [3.8, 4) is 0 Å². The molecule has 9 nitrogen and oxygen atoms in total. The maximum atomic E-state index is 12.4. The van der Waals surface area contributed by atoms with E-state index in [0.717, 1.165) is 51.4 Å². The topological polar surface area (TPSA) is 140 Å². The quantitative estimate of drug-likeness (QED) is 0.0191. The molecule has 0 radical (unpaired) electrons. The van der Waals surface area contributed by atoms with Gasteiger partial charge in [0.25, 0.3) is 0 Å². The summed E-state index contributed by atoms with van der Waals surface area (Å²) in [5.41, 5.74) is 0. The zero-order valence-electron chi connectivity index (χ0n) is 33.4. The van der Waals surface area contributed by atoms with Gasteiger partial charge in [0, 0.05) is 12.8 Å². The van der Waals surface area contributed by atoms with Crippen LogP contribution in [0.25, 0.3) is 0 Å². The zero-order chi connectivity index (χ0) is 40.5. The van der Waals surface area contributed by atoms with Crippen LogP contribution in [0.2, 0.25) is 0 Å². The van der Waals surface area contributed by atoms with Crippen LogP contribution in [0.15, 0.2) is 122 Å². The van der Waals surface area contributed by atoms with E-state index in [4.69, 9.17) is 19.3 Å². The highest BCUT2D eigenvalue weighted by Gasteiger charge is 2.22. The first-order chi connectivity index (χ1) is 26.7. The number of esters is 2. The SMILES string of the molecule is CC/C=C\C/C=C\C/C=C\C/C=C\C=C/C(O)C/C=C\CCC(=O)O[C@H](COC(=O)CCC/C=C\C/C=C\C/C=C\C/C=C\CCCCC)COP(=O)(O)O. The molecule has 0 aromatic carbocycles. The number of carbonyl (C=O) groups is 2. The van der Waals surface area contributed by atoms with E-state index in [-0.39, 0.29) is 19.4 Å². The summed E-state index contributed by atoms with van der Waals surface area (Å²) in [6.07, 6.45) is 52.4. The minimum absolute atomic E-state index is 0.0141. The largest absolute Gasteiger partial charge is 0.469 e. The molecule has 55 heavy (non-hydrogen) atoms. The van der Waals surface area contributed by atoms with Gasteiger partial charge in [-0.1, -0.05) is 148 Å². The number of carbonyl (C=O) groups excluding carboxylic acids is 2. The predicted molar refractivity (Wildman–Crippen MR) is 226 cm³/mol. The molecule has 0 saturated carbocycles. The summed E-state index contributed by atoms with van der Waals surface area (Å²) >= 11 is 0. The first-order valence-electron chi connectivity index (χ1n) is 19.9. The molecule has 0 aromatic rings. The molecule has 0 heterocycles. The van der Waals surface area contributed by atoms with E-state index in [1.807, 2.05) is 24.3 Å². The smallest absolute Gasteiger partial charge is 0.462 e. The number of phosphoric ester groups is 1. The molecule has 0 bridgehead atoms. The predicted octanol–water partition coefficient (Wildman–Crippen LogP) is 11.1. The molecule has 1 unspecified atom stereocenters. The van der Waals surface area contributed by atoms with Crippen molar-refractivity contribution in [3.05, 3.63) is 122 Å². The molecular weight excluding hydrogens is 715 g/mol. The molecular formula is C45H69O9P. The van der Waals surface area contributed by atoms with Crippen LogP contribution in [0.1, 0.15) is 123 Å². The Morgan fingerprint density at radius 3 is 1.67 bits per heavy atom. The van der Waals surface area contributed by atoms with E-state index in [2.05, 4.69) is 91.3 Å². The van der Waals surface area contributed by atoms with Crippen molar-refractivity contribution in [1.29, 1.82) is 0 Å². The van der Waals surface area contributed by atoms with Gasteiger partial charge in [-0.15, -0.1) is 0 Å². The first kappa shape index (κ1) is 51.4. The molecule has 2 atom stereocenters. The van der Waals surface area contributed by atoms with Gasteiger partial charge in [0.05, 0.1) is 12.7 Å². The number of unbranched alkanes of at least 4 members (excludes halogenated alkanes) is 4. The standard InChI is InChI=1S/C45H69O9P/c1-3-5-7-9-11-13-15-17-18-19-20-22-24-26-28-30-34-38-44(47)52-40-43(41-53-55(49,50)51)54-45(48)39-35-31-33-37-42(46)36-32-29-27-25-23-21-16-14-12-10-8-6-4-2/h6,8,11-14,17-18,20-23,26-29,31-33,36,42-43,46H,3-5,7,9-10,15-16,19,24-25,30,34-35,37-41H2,1-2H3,(H2,49,50,51)/b8-6-,13-11-,14-12-,18-17-,22-20-,23-21-,28-26-,29-27-,33-31-,36-32-/t42?,43-/m1/s1. The maximum absolute atomic E-state index is 12.4. The van der Waals surface area contributed by atoms with Crippen molar-refractivity contribution in [2.45, 2.75) is 135 Å². The number of allylic oxidation sites excluding steroid dienone is 18. The van der Waals surface area contributed by atoms with E-state index < -0.39 is 38.6 Å². The Balaban J connectivity index is 4.30. The lowest BCUT2D eigenvalue weighted by atomic mass is 10.2. The summed E-state index contributed by atoms with van der Waals surface area (Å²) in [5.74, 6) is -1.15. The normalized spacial score (nSPS) is 14.3. The molecule has 3 N–H and O–H groups in total. The summed E-state index contributed by atoms with van der Waals surface area (Å²) in [7, 11) is -4.82. The summed E-state index contributed by atoms with van der Waals surface area (Å²) in [4.78, 5) is 42.8. The van der Waals surface area contributed by atoms with Crippen molar-refractivity contribution in [2.24, 2.45) is 0 Å². The molecule has 308 valence electrons. The Bertz CT molecular complexity index is 1310. The van der Waals surface area contributed by atoms with Crippen LogP contribution >= 0.6 is 7.82 Å². The van der Waals surface area contributed by atoms with Gasteiger partial charge in [-0.3, -0.25) is 14.1 Å². The van der Waals surface area contributed by atoms with Crippen molar-refractivity contribution >= 4 is 19.8 Å². The lowest BCUT2D eigenvalue weighted by Gasteiger charge is -2.18. The number of aliphatic hydroxyl groups excluding tert-OH is 1. The number of ether oxygens (including phenoxy) is 2. The number of hydrogen-bond donors (Lipinski definition) is 3. The average Bonchev–Trinajstić information content (AvgIpc) is 3.15. The lowest BCUT2D eigenvalue weighted by molar-refractivity contribution is -0.161. The fourth-order valence-electron chi connectivity index (χ4n) is 4.59. The molecule has 10 heteroatoms. The summed E-state index contributed by atoms with van der Waals surface area (Å²) in [6.45, 7) is 3.32. The highest BCUT2D eigenvalue weighted by Crippen LogP contribution is 2.35. The monoisotopic (exact) mass is 784 g/mol. The van der Waals surface area contributed by atoms with Gasteiger partial charge in [0.2, 0.25) is 0 Å². The third-order valence-corrected chi connectivity index (χ3v) is 8.04. The number of phosphoric acid groups is 1. The van der Waals surface area contributed by atoms with Gasteiger partial charge in [0.1, 0.15) is 6.61 Å². The Morgan fingerprint density at radius 2 is 1.11 bits per heavy atom. The van der Waals surface area contributed by atoms with E-state index in [1.165, 1.54) is 19.3 Å². The minimum Gasteiger partial charge on any atom is -0.462 e. The average molecular weight is 785 g/mol. The molecule has 0 saturated heterocycles. The molecule has 0 spiro atoms. The van der Waals surface area contributed by atoms with Crippen molar-refractivity contribution in [2.75, 3.05) is 13.2 Å². The number of aliphatic hydroxyl groups is 1. The minimum atomic E-state index is -4.82. The third-order valence-electron chi connectivity index (χ3n) is 7.56. The van der Waals surface area contributed by atoms with E-state index in [0.29, 0.717) is 25.7 Å². The van der Waals surface area contributed by atoms with Gasteiger partial charge >= 0.3 is 19.8 Å². The van der Waals surface area contributed by atoms with Gasteiger partial charge in [-0.25, -0.2) is 4.57 Å². The van der Waals surface area contributed by atoms with Crippen LogP contribution in [-0.4, -0.2) is 52.3 Å².